The Morgan fingerprint density at radius 2 is 2.08 bits per heavy atom. The van der Waals surface area contributed by atoms with E-state index < -0.39 is 5.60 Å². The fourth-order valence-corrected chi connectivity index (χ4v) is 2.83. The van der Waals surface area contributed by atoms with E-state index in [1.165, 1.54) is 0 Å². The molecule has 0 spiro atoms. The lowest BCUT2D eigenvalue weighted by Crippen LogP contribution is -2.50. The molecule has 130 valence electrons. The van der Waals surface area contributed by atoms with Crippen LogP contribution in [0.1, 0.15) is 40.5 Å². The van der Waals surface area contributed by atoms with Gasteiger partial charge in [-0.1, -0.05) is 0 Å². The van der Waals surface area contributed by atoms with Crippen LogP contribution in [0.25, 0.3) is 5.52 Å². The molecule has 0 aromatic carbocycles. The van der Waals surface area contributed by atoms with Gasteiger partial charge in [0.25, 0.3) is 0 Å². The summed E-state index contributed by atoms with van der Waals surface area (Å²) in [5.74, 6) is 0.540. The number of amides is 1. The molecule has 1 aliphatic heterocycles. The molecule has 2 aromatic heterocycles. The first kappa shape index (κ1) is 16.5. The van der Waals surface area contributed by atoms with E-state index in [0.29, 0.717) is 12.4 Å². The topological polar surface area (TPSA) is 69.0 Å². The van der Waals surface area contributed by atoms with Crippen molar-refractivity contribution in [2.75, 3.05) is 6.54 Å². The summed E-state index contributed by atoms with van der Waals surface area (Å²) in [7, 11) is 0. The molecule has 7 nitrogen and oxygen atoms in total. The van der Waals surface area contributed by atoms with Crippen LogP contribution in [0.5, 0.6) is 5.88 Å². The summed E-state index contributed by atoms with van der Waals surface area (Å²) in [6.07, 6.45) is 6.48. The number of carbonyl (C=O) groups is 1. The van der Waals surface area contributed by atoms with Gasteiger partial charge >= 0.3 is 6.09 Å². The van der Waals surface area contributed by atoms with Crippen molar-refractivity contribution in [3.05, 3.63) is 24.7 Å². The second kappa shape index (κ2) is 6.30. The Morgan fingerprint density at radius 1 is 1.29 bits per heavy atom. The minimum atomic E-state index is -0.505. The van der Waals surface area contributed by atoms with Gasteiger partial charge in [0.15, 0.2) is 0 Å². The molecule has 2 atom stereocenters. The number of piperidine rings is 1. The lowest BCUT2D eigenvalue weighted by molar-refractivity contribution is -0.00579. The van der Waals surface area contributed by atoms with Crippen LogP contribution in [0.4, 0.5) is 4.79 Å². The van der Waals surface area contributed by atoms with Gasteiger partial charge in [-0.2, -0.15) is 5.10 Å². The molecule has 0 radical (unpaired) electrons. The zero-order valence-corrected chi connectivity index (χ0v) is 14.6. The Labute approximate surface area is 141 Å². The molecule has 0 unspecified atom stereocenters. The van der Waals surface area contributed by atoms with Gasteiger partial charge in [0.05, 0.1) is 12.7 Å². The number of aromatic nitrogens is 3. The number of carbonyl (C=O) groups excluding carboxylic acids is 1. The average molecular weight is 332 g/mol. The number of fused-ring (bicyclic) bond motifs is 1. The van der Waals surface area contributed by atoms with E-state index in [1.807, 2.05) is 33.8 Å². The average Bonchev–Trinajstić information content (AvgIpc) is 2.97. The van der Waals surface area contributed by atoms with Gasteiger partial charge in [-0.25, -0.2) is 14.3 Å². The Hall–Kier alpha value is -2.31. The van der Waals surface area contributed by atoms with Crippen molar-refractivity contribution in [1.82, 2.24) is 19.5 Å². The number of nitrogens with zero attached hydrogens (tertiary/aromatic N) is 4. The highest BCUT2D eigenvalue weighted by atomic mass is 16.6. The summed E-state index contributed by atoms with van der Waals surface area (Å²) in [5, 5.41) is 4.18. The smallest absolute Gasteiger partial charge is 0.410 e. The molecular weight excluding hydrogens is 308 g/mol. The monoisotopic (exact) mass is 332 g/mol. The maximum absolute atomic E-state index is 12.4. The zero-order chi connectivity index (χ0) is 17.3. The van der Waals surface area contributed by atoms with Gasteiger partial charge < -0.3 is 14.4 Å². The number of ether oxygens (including phenoxy) is 2. The molecule has 0 N–H and O–H groups in total. The van der Waals surface area contributed by atoms with Crippen LogP contribution >= 0.6 is 0 Å². The Balaban J connectivity index is 1.71. The Morgan fingerprint density at radius 3 is 2.83 bits per heavy atom. The minimum absolute atomic E-state index is 0.109. The predicted octanol–water partition coefficient (Wildman–Crippen LogP) is 2.90. The predicted molar refractivity (Wildman–Crippen MR) is 89.0 cm³/mol. The van der Waals surface area contributed by atoms with Crippen molar-refractivity contribution in [1.29, 1.82) is 0 Å². The normalized spacial score (nSPS) is 21.8. The number of rotatable bonds is 2. The fourth-order valence-electron chi connectivity index (χ4n) is 2.83. The summed E-state index contributed by atoms with van der Waals surface area (Å²) >= 11 is 0. The lowest BCUT2D eigenvalue weighted by Gasteiger charge is -2.38. The molecule has 1 saturated heterocycles. The van der Waals surface area contributed by atoms with E-state index in [2.05, 4.69) is 10.1 Å². The first-order chi connectivity index (χ1) is 11.3. The molecule has 1 aliphatic rings. The van der Waals surface area contributed by atoms with Gasteiger partial charge in [0.2, 0.25) is 5.88 Å². The van der Waals surface area contributed by atoms with Crippen LogP contribution in [0.15, 0.2) is 24.7 Å². The van der Waals surface area contributed by atoms with Crippen LogP contribution < -0.4 is 4.74 Å². The summed E-state index contributed by atoms with van der Waals surface area (Å²) in [6, 6.07) is 2.00. The van der Waals surface area contributed by atoms with Crippen LogP contribution in [0.3, 0.4) is 0 Å². The van der Waals surface area contributed by atoms with E-state index >= 15 is 0 Å². The zero-order valence-electron chi connectivity index (χ0n) is 14.6. The van der Waals surface area contributed by atoms with E-state index in [4.69, 9.17) is 9.47 Å². The molecule has 3 heterocycles. The van der Waals surface area contributed by atoms with Crippen molar-refractivity contribution in [3.8, 4) is 5.88 Å². The third-order valence-electron chi connectivity index (χ3n) is 4.03. The van der Waals surface area contributed by atoms with Crippen molar-refractivity contribution in [2.45, 2.75) is 58.3 Å². The van der Waals surface area contributed by atoms with Gasteiger partial charge in [-0.3, -0.25) is 0 Å². The van der Waals surface area contributed by atoms with Crippen LogP contribution in [0, 0.1) is 0 Å². The fraction of sp³-hybridized carbons (Fsp3) is 0.588. The standard InChI is InChI=1S/C17H24N4O3/c1-12-5-6-13(11-20(12)16(22)24-17(2,3)4)23-15-14-7-8-19-21(14)10-9-18-15/h7-10,12-13H,5-6,11H2,1-4H3/t12-,13-/m1/s1. The van der Waals surface area contributed by atoms with Crippen LogP contribution in [-0.4, -0.2) is 49.9 Å². The van der Waals surface area contributed by atoms with Crippen molar-refractivity contribution in [3.63, 3.8) is 0 Å². The molecular formula is C17H24N4O3. The highest BCUT2D eigenvalue weighted by Gasteiger charge is 2.33. The van der Waals surface area contributed by atoms with Gasteiger partial charge in [-0.15, -0.1) is 0 Å². The second-order valence-corrected chi connectivity index (χ2v) is 7.19. The minimum Gasteiger partial charge on any atom is -0.471 e. The number of likely N-dealkylation sites (tertiary alicyclic amines) is 1. The molecule has 0 bridgehead atoms. The Kier molecular flexibility index (Phi) is 4.34. The molecule has 0 aliphatic carbocycles. The molecule has 2 aromatic rings. The Bertz CT molecular complexity index is 722. The highest BCUT2D eigenvalue weighted by Crippen LogP contribution is 2.25. The third kappa shape index (κ3) is 3.60. The molecule has 1 amide bonds. The first-order valence-electron chi connectivity index (χ1n) is 8.28. The molecule has 7 heteroatoms. The second-order valence-electron chi connectivity index (χ2n) is 7.19. The number of hydrogen-bond acceptors (Lipinski definition) is 5. The van der Waals surface area contributed by atoms with E-state index in [1.54, 1.807) is 28.0 Å². The lowest BCUT2D eigenvalue weighted by atomic mass is 10.0. The maximum atomic E-state index is 12.4. The molecule has 1 fully saturated rings. The molecule has 3 rings (SSSR count). The van der Waals surface area contributed by atoms with Crippen molar-refractivity contribution in [2.24, 2.45) is 0 Å². The van der Waals surface area contributed by atoms with Gasteiger partial charge in [-0.05, 0) is 46.6 Å². The first-order valence-corrected chi connectivity index (χ1v) is 8.28. The summed E-state index contributed by atoms with van der Waals surface area (Å²) in [6.45, 7) is 8.15. The summed E-state index contributed by atoms with van der Waals surface area (Å²) in [5.41, 5.74) is 0.315. The van der Waals surface area contributed by atoms with Gasteiger partial charge in [0, 0.05) is 18.4 Å². The maximum Gasteiger partial charge on any atom is 0.410 e. The molecule has 24 heavy (non-hydrogen) atoms. The molecule has 0 saturated carbocycles. The van der Waals surface area contributed by atoms with E-state index in [9.17, 15) is 4.79 Å². The summed E-state index contributed by atoms with van der Waals surface area (Å²) in [4.78, 5) is 18.5. The summed E-state index contributed by atoms with van der Waals surface area (Å²) < 4.78 is 13.3. The SMILES string of the molecule is C[C@@H]1CC[C@@H](Oc2nccn3nccc23)CN1C(=O)OC(C)(C)C. The largest absolute Gasteiger partial charge is 0.471 e. The van der Waals surface area contributed by atoms with Crippen LogP contribution in [-0.2, 0) is 4.74 Å². The van der Waals surface area contributed by atoms with E-state index in [-0.39, 0.29) is 18.2 Å². The van der Waals surface area contributed by atoms with Crippen LogP contribution in [0.2, 0.25) is 0 Å². The van der Waals surface area contributed by atoms with Gasteiger partial charge in [0.1, 0.15) is 17.2 Å². The van der Waals surface area contributed by atoms with E-state index in [0.717, 1.165) is 18.4 Å². The quantitative estimate of drug-likeness (QED) is 0.846. The van der Waals surface area contributed by atoms with Crippen molar-refractivity contribution >= 4 is 11.6 Å². The highest BCUT2D eigenvalue weighted by molar-refractivity contribution is 5.68. The van der Waals surface area contributed by atoms with Crippen molar-refractivity contribution < 1.29 is 14.3 Å². The number of hydrogen-bond donors (Lipinski definition) is 0. The third-order valence-corrected chi connectivity index (χ3v) is 4.03.